The number of benzene rings is 2. The zero-order valence-corrected chi connectivity index (χ0v) is 21.2. The van der Waals surface area contributed by atoms with Gasteiger partial charge in [0.1, 0.15) is 12.3 Å². The van der Waals surface area contributed by atoms with Crippen molar-refractivity contribution in [1.82, 2.24) is 20.3 Å². The van der Waals surface area contributed by atoms with Crippen LogP contribution < -0.4 is 14.8 Å². The minimum Gasteiger partial charge on any atom is -0.493 e. The summed E-state index contributed by atoms with van der Waals surface area (Å²) in [6.07, 6.45) is 9.72. The monoisotopic (exact) mass is 476 g/mol. The normalized spacial score (nSPS) is 11.2. The lowest BCUT2D eigenvalue weighted by Crippen LogP contribution is -2.22. The number of aromatic nitrogens is 3. The summed E-state index contributed by atoms with van der Waals surface area (Å²) in [4.78, 5) is 12.2. The standard InChI is InChI=1S/C28H36N4O3/c1-21(2)9-7-5-6-8-10-28(33)29-18-23-13-16-26(27(17-23)34-4)35-20-24-19-32(31-30-24)25-14-11-22(3)12-15-25/h7,9,11-17,19,21H,5-6,8,10,18,20H2,1-4H3,(H,29,33)/b9-7+. The summed E-state index contributed by atoms with van der Waals surface area (Å²) >= 11 is 0. The third-order valence-electron chi connectivity index (χ3n) is 5.48. The number of amides is 1. The van der Waals surface area contributed by atoms with Crippen LogP contribution in [0, 0.1) is 12.8 Å². The number of methoxy groups -OCH3 is 1. The number of nitrogens with zero attached hydrogens (tertiary/aromatic N) is 3. The molecule has 0 bridgehead atoms. The van der Waals surface area contributed by atoms with Gasteiger partial charge in [0.15, 0.2) is 11.5 Å². The number of allylic oxidation sites excluding steroid dienone is 2. The Balaban J connectivity index is 1.46. The molecule has 2 aromatic carbocycles. The molecule has 0 atom stereocenters. The summed E-state index contributed by atoms with van der Waals surface area (Å²) in [6.45, 7) is 7.10. The van der Waals surface area contributed by atoms with Gasteiger partial charge in [-0.25, -0.2) is 4.68 Å². The molecule has 35 heavy (non-hydrogen) atoms. The molecular weight excluding hydrogens is 440 g/mol. The number of nitrogens with one attached hydrogen (secondary N) is 1. The Labute approximate surface area is 208 Å². The fourth-order valence-electron chi connectivity index (χ4n) is 3.49. The highest BCUT2D eigenvalue weighted by atomic mass is 16.5. The summed E-state index contributed by atoms with van der Waals surface area (Å²) in [6, 6.07) is 13.7. The lowest BCUT2D eigenvalue weighted by molar-refractivity contribution is -0.121. The molecule has 1 aromatic heterocycles. The maximum absolute atomic E-state index is 12.2. The highest BCUT2D eigenvalue weighted by molar-refractivity contribution is 5.75. The summed E-state index contributed by atoms with van der Waals surface area (Å²) in [5.41, 5.74) is 3.80. The number of aryl methyl sites for hydroxylation is 1. The van der Waals surface area contributed by atoms with Crippen molar-refractivity contribution in [3.05, 3.63) is 77.6 Å². The predicted molar refractivity (Wildman–Crippen MR) is 138 cm³/mol. The predicted octanol–water partition coefficient (Wildman–Crippen LogP) is 5.55. The summed E-state index contributed by atoms with van der Waals surface area (Å²) in [5.74, 6) is 1.86. The molecule has 0 aliphatic carbocycles. The van der Waals surface area contributed by atoms with Crippen LogP contribution in [0.5, 0.6) is 11.5 Å². The highest BCUT2D eigenvalue weighted by Crippen LogP contribution is 2.28. The van der Waals surface area contributed by atoms with E-state index >= 15 is 0 Å². The average molecular weight is 477 g/mol. The molecule has 0 fully saturated rings. The molecule has 7 nitrogen and oxygen atoms in total. The second-order valence-corrected chi connectivity index (χ2v) is 8.96. The number of rotatable bonds is 13. The van der Waals surface area contributed by atoms with Gasteiger partial charge in [0.05, 0.1) is 19.0 Å². The molecule has 0 aliphatic rings. The SMILES string of the molecule is COc1cc(CNC(=O)CCCC/C=C/C(C)C)ccc1OCc1cn(-c2ccc(C)cc2)nn1. The van der Waals surface area contributed by atoms with Crippen molar-refractivity contribution in [3.8, 4) is 17.2 Å². The highest BCUT2D eigenvalue weighted by Gasteiger charge is 2.10. The Hall–Kier alpha value is -3.61. The van der Waals surface area contributed by atoms with E-state index in [1.54, 1.807) is 11.8 Å². The number of ether oxygens (including phenoxy) is 2. The Morgan fingerprint density at radius 3 is 2.66 bits per heavy atom. The van der Waals surface area contributed by atoms with Gasteiger partial charge in [-0.3, -0.25) is 4.79 Å². The molecule has 3 aromatic rings. The summed E-state index contributed by atoms with van der Waals surface area (Å²) in [7, 11) is 1.60. The van der Waals surface area contributed by atoms with E-state index in [9.17, 15) is 4.79 Å². The lowest BCUT2D eigenvalue weighted by Gasteiger charge is -2.12. The maximum atomic E-state index is 12.2. The third kappa shape index (κ3) is 8.59. The van der Waals surface area contributed by atoms with Crippen molar-refractivity contribution >= 4 is 5.91 Å². The van der Waals surface area contributed by atoms with Gasteiger partial charge in [-0.1, -0.05) is 55.0 Å². The van der Waals surface area contributed by atoms with Crippen LogP contribution in [0.1, 0.15) is 56.4 Å². The van der Waals surface area contributed by atoms with Gasteiger partial charge in [-0.2, -0.15) is 0 Å². The number of unbranched alkanes of at least 4 members (excludes halogenated alkanes) is 2. The van der Waals surface area contributed by atoms with Gasteiger partial charge in [0.25, 0.3) is 0 Å². The van der Waals surface area contributed by atoms with Gasteiger partial charge in [-0.15, -0.1) is 5.10 Å². The van der Waals surface area contributed by atoms with Gasteiger partial charge < -0.3 is 14.8 Å². The molecule has 0 saturated heterocycles. The lowest BCUT2D eigenvalue weighted by atomic mass is 10.1. The zero-order chi connectivity index (χ0) is 25.0. The molecule has 7 heteroatoms. The second-order valence-electron chi connectivity index (χ2n) is 8.96. The van der Waals surface area contributed by atoms with Crippen molar-refractivity contribution in [2.24, 2.45) is 5.92 Å². The largest absolute Gasteiger partial charge is 0.493 e. The molecule has 0 spiro atoms. The van der Waals surface area contributed by atoms with E-state index in [0.717, 1.165) is 30.5 Å². The van der Waals surface area contributed by atoms with Crippen molar-refractivity contribution in [1.29, 1.82) is 0 Å². The fourth-order valence-corrected chi connectivity index (χ4v) is 3.49. The Kier molecular flexibility index (Phi) is 9.90. The van der Waals surface area contributed by atoms with E-state index in [1.807, 2.05) is 55.6 Å². The summed E-state index contributed by atoms with van der Waals surface area (Å²) < 4.78 is 13.2. The number of hydrogen-bond acceptors (Lipinski definition) is 5. The number of carbonyl (C=O) groups excluding carboxylic acids is 1. The smallest absolute Gasteiger partial charge is 0.220 e. The van der Waals surface area contributed by atoms with Gasteiger partial charge >= 0.3 is 0 Å². The topological polar surface area (TPSA) is 78.3 Å². The first kappa shape index (κ1) is 26.0. The Bertz CT molecular complexity index is 1100. The van der Waals surface area contributed by atoms with E-state index < -0.39 is 0 Å². The number of carbonyl (C=O) groups is 1. The first-order valence-electron chi connectivity index (χ1n) is 12.2. The van der Waals surface area contributed by atoms with Crippen LogP contribution in [0.15, 0.2) is 60.8 Å². The first-order valence-corrected chi connectivity index (χ1v) is 12.2. The van der Waals surface area contributed by atoms with Crippen LogP contribution in [-0.2, 0) is 17.9 Å². The molecule has 0 radical (unpaired) electrons. The van der Waals surface area contributed by atoms with Crippen LogP contribution >= 0.6 is 0 Å². The quantitative estimate of drug-likeness (QED) is 0.258. The molecule has 1 amide bonds. The average Bonchev–Trinajstić information content (AvgIpc) is 3.33. The van der Waals surface area contributed by atoms with E-state index in [1.165, 1.54) is 5.56 Å². The van der Waals surface area contributed by atoms with Crippen LogP contribution in [0.25, 0.3) is 5.69 Å². The minimum atomic E-state index is 0.0637. The molecule has 1 N–H and O–H groups in total. The molecule has 3 rings (SSSR count). The zero-order valence-electron chi connectivity index (χ0n) is 21.2. The Morgan fingerprint density at radius 1 is 1.11 bits per heavy atom. The van der Waals surface area contributed by atoms with Gasteiger partial charge in [-0.05, 0) is 61.9 Å². The van der Waals surface area contributed by atoms with Crippen molar-refractivity contribution in [2.75, 3.05) is 7.11 Å². The van der Waals surface area contributed by atoms with Crippen LogP contribution in [0.2, 0.25) is 0 Å². The molecule has 0 saturated carbocycles. The third-order valence-corrected chi connectivity index (χ3v) is 5.48. The maximum Gasteiger partial charge on any atom is 0.220 e. The fraction of sp³-hybridized carbons (Fsp3) is 0.393. The van der Waals surface area contributed by atoms with E-state index in [2.05, 4.69) is 41.6 Å². The molecule has 1 heterocycles. The van der Waals surface area contributed by atoms with Crippen molar-refractivity contribution in [3.63, 3.8) is 0 Å². The second kappa shape index (κ2) is 13.3. The van der Waals surface area contributed by atoms with Crippen molar-refractivity contribution < 1.29 is 14.3 Å². The van der Waals surface area contributed by atoms with Crippen molar-refractivity contribution in [2.45, 2.75) is 59.6 Å². The summed E-state index contributed by atoms with van der Waals surface area (Å²) in [5, 5.41) is 11.4. The minimum absolute atomic E-state index is 0.0637. The Morgan fingerprint density at radius 2 is 1.91 bits per heavy atom. The van der Waals surface area contributed by atoms with Gasteiger partial charge in [0, 0.05) is 13.0 Å². The van der Waals surface area contributed by atoms with Gasteiger partial charge in [0.2, 0.25) is 5.91 Å². The van der Waals surface area contributed by atoms with Crippen LogP contribution in [0.3, 0.4) is 0 Å². The first-order chi connectivity index (χ1) is 16.9. The van der Waals surface area contributed by atoms with E-state index in [0.29, 0.717) is 36.1 Å². The van der Waals surface area contributed by atoms with E-state index in [4.69, 9.17) is 9.47 Å². The van der Waals surface area contributed by atoms with E-state index in [-0.39, 0.29) is 12.5 Å². The molecule has 186 valence electrons. The van der Waals surface area contributed by atoms with Crippen LogP contribution in [-0.4, -0.2) is 28.0 Å². The molecule has 0 aliphatic heterocycles. The molecular formula is C28H36N4O3. The molecule has 0 unspecified atom stereocenters. The number of hydrogen-bond donors (Lipinski definition) is 1. The van der Waals surface area contributed by atoms with Crippen LogP contribution in [0.4, 0.5) is 0 Å².